The van der Waals surface area contributed by atoms with Gasteiger partial charge >= 0.3 is 6.18 Å². The molecule has 0 saturated carbocycles. The van der Waals surface area contributed by atoms with Crippen LogP contribution in [0.15, 0.2) is 48.7 Å². The minimum Gasteiger partial charge on any atom is -0.472 e. The van der Waals surface area contributed by atoms with Gasteiger partial charge in [-0.1, -0.05) is 18.2 Å². The Balaban J connectivity index is 1.43. The summed E-state index contributed by atoms with van der Waals surface area (Å²) in [5.41, 5.74) is -0.802. The van der Waals surface area contributed by atoms with Crippen molar-refractivity contribution >= 4 is 27.3 Å². The van der Waals surface area contributed by atoms with Gasteiger partial charge in [0.25, 0.3) is 5.91 Å². The average Bonchev–Trinajstić information content (AvgIpc) is 3.27. The van der Waals surface area contributed by atoms with Gasteiger partial charge in [0, 0.05) is 29.9 Å². The molecule has 27 heavy (non-hydrogen) atoms. The molecule has 0 radical (unpaired) electrons. The maximum Gasteiger partial charge on any atom is 0.416 e. The van der Waals surface area contributed by atoms with Crippen molar-refractivity contribution < 1.29 is 22.7 Å². The van der Waals surface area contributed by atoms with Crippen LogP contribution >= 0.6 is 11.3 Å². The number of carbonyl (C=O) groups excluding carboxylic acids is 1. The van der Waals surface area contributed by atoms with Gasteiger partial charge in [0.05, 0.1) is 17.0 Å². The summed E-state index contributed by atoms with van der Waals surface area (Å²) in [5.74, 6) is -0.162. The number of carbonyl (C=O) groups is 1. The fraction of sp³-hybridized carbons (Fsp3) is 0.263. The summed E-state index contributed by atoms with van der Waals surface area (Å²) in [7, 11) is 0. The van der Waals surface area contributed by atoms with Crippen molar-refractivity contribution in [3.63, 3.8) is 0 Å². The molecule has 1 saturated heterocycles. The molecular weight excluding hydrogens is 377 g/mol. The summed E-state index contributed by atoms with van der Waals surface area (Å²) >= 11 is 1.43. The highest BCUT2D eigenvalue weighted by atomic mass is 32.1. The first-order chi connectivity index (χ1) is 12.9. The van der Waals surface area contributed by atoms with Gasteiger partial charge in [-0.05, 0) is 23.6 Å². The first-order valence-electron chi connectivity index (χ1n) is 8.38. The van der Waals surface area contributed by atoms with E-state index in [0.29, 0.717) is 24.4 Å². The number of benzene rings is 1. The topological polar surface area (TPSA) is 42.4 Å². The lowest BCUT2D eigenvalue weighted by Crippen LogP contribution is -2.30. The number of thiophene rings is 1. The number of nitrogens with zero attached hydrogens (tertiary/aromatic N) is 2. The Kier molecular flexibility index (Phi) is 4.51. The Morgan fingerprint density at radius 1 is 1.22 bits per heavy atom. The molecule has 0 bridgehead atoms. The lowest BCUT2D eigenvalue weighted by molar-refractivity contribution is -0.137. The van der Waals surface area contributed by atoms with E-state index in [2.05, 4.69) is 4.98 Å². The summed E-state index contributed by atoms with van der Waals surface area (Å²) < 4.78 is 45.0. The molecule has 8 heteroatoms. The van der Waals surface area contributed by atoms with E-state index in [0.717, 1.165) is 28.4 Å². The van der Waals surface area contributed by atoms with Crippen LogP contribution in [0.1, 0.15) is 21.7 Å². The van der Waals surface area contributed by atoms with Gasteiger partial charge in [0.2, 0.25) is 5.88 Å². The zero-order chi connectivity index (χ0) is 19.0. The summed E-state index contributed by atoms with van der Waals surface area (Å²) in [4.78, 5) is 18.9. The number of likely N-dealkylation sites (tertiary alicyclic amines) is 1. The van der Waals surface area contributed by atoms with Crippen LogP contribution in [0.5, 0.6) is 5.88 Å². The first-order valence-corrected chi connectivity index (χ1v) is 9.19. The third-order valence-electron chi connectivity index (χ3n) is 4.42. The lowest BCUT2D eigenvalue weighted by Gasteiger charge is -2.16. The number of fused-ring (bicyclic) bond motifs is 1. The van der Waals surface area contributed by atoms with Crippen LogP contribution < -0.4 is 4.74 Å². The van der Waals surface area contributed by atoms with E-state index in [1.54, 1.807) is 4.90 Å². The summed E-state index contributed by atoms with van der Waals surface area (Å²) in [5, 5.41) is 1.02. The quantitative estimate of drug-likeness (QED) is 0.654. The van der Waals surface area contributed by atoms with Gasteiger partial charge in [-0.25, -0.2) is 4.98 Å². The zero-order valence-corrected chi connectivity index (χ0v) is 14.9. The molecular formula is C19H15F3N2O2S. The summed E-state index contributed by atoms with van der Waals surface area (Å²) in [6.07, 6.45) is -3.19. The molecule has 1 atom stereocenters. The molecule has 3 aromatic rings. The van der Waals surface area contributed by atoms with Gasteiger partial charge in [-0.3, -0.25) is 4.79 Å². The van der Waals surface area contributed by atoms with Crippen LogP contribution in [0.4, 0.5) is 13.2 Å². The van der Waals surface area contributed by atoms with Gasteiger partial charge < -0.3 is 9.64 Å². The number of aromatic nitrogens is 1. The maximum atomic E-state index is 12.8. The van der Waals surface area contributed by atoms with Gasteiger partial charge in [-0.2, -0.15) is 13.2 Å². The van der Waals surface area contributed by atoms with Crippen LogP contribution in [0.3, 0.4) is 0 Å². The van der Waals surface area contributed by atoms with Crippen molar-refractivity contribution in [1.82, 2.24) is 9.88 Å². The van der Waals surface area contributed by atoms with E-state index in [1.807, 2.05) is 30.3 Å². The second-order valence-electron chi connectivity index (χ2n) is 6.31. The number of halogens is 3. The van der Waals surface area contributed by atoms with Crippen molar-refractivity contribution in [1.29, 1.82) is 0 Å². The van der Waals surface area contributed by atoms with Crippen molar-refractivity contribution in [2.75, 3.05) is 13.1 Å². The van der Waals surface area contributed by atoms with E-state index >= 15 is 0 Å². The number of rotatable bonds is 3. The van der Waals surface area contributed by atoms with Gasteiger partial charge in [0.1, 0.15) is 6.10 Å². The maximum absolute atomic E-state index is 12.8. The number of hydrogen-bond donors (Lipinski definition) is 0. The minimum atomic E-state index is -4.44. The molecule has 3 heterocycles. The van der Waals surface area contributed by atoms with E-state index in [4.69, 9.17) is 4.74 Å². The van der Waals surface area contributed by atoms with E-state index < -0.39 is 11.7 Å². The Bertz CT molecular complexity index is 953. The van der Waals surface area contributed by atoms with Crippen molar-refractivity contribution in [2.45, 2.75) is 18.7 Å². The van der Waals surface area contributed by atoms with Crippen molar-refractivity contribution in [2.24, 2.45) is 0 Å². The fourth-order valence-corrected chi connectivity index (χ4v) is 4.10. The lowest BCUT2D eigenvalue weighted by atomic mass is 10.2. The molecule has 1 amide bonds. The predicted molar refractivity (Wildman–Crippen MR) is 96.0 cm³/mol. The van der Waals surface area contributed by atoms with Gasteiger partial charge in [-0.15, -0.1) is 11.3 Å². The number of amides is 1. The highest BCUT2D eigenvalue weighted by molar-refractivity contribution is 7.20. The van der Waals surface area contributed by atoms with Crippen LogP contribution in [-0.2, 0) is 6.18 Å². The molecule has 2 aromatic heterocycles. The van der Waals surface area contributed by atoms with Crippen molar-refractivity contribution in [3.05, 3.63) is 59.1 Å². The highest BCUT2D eigenvalue weighted by Crippen LogP contribution is 2.31. The Morgan fingerprint density at radius 2 is 2.04 bits per heavy atom. The second-order valence-corrected chi connectivity index (χ2v) is 7.39. The highest BCUT2D eigenvalue weighted by Gasteiger charge is 2.32. The Labute approximate surface area is 157 Å². The predicted octanol–water partition coefficient (Wildman–Crippen LogP) is 4.61. The third kappa shape index (κ3) is 3.75. The normalized spacial score (nSPS) is 17.4. The fourth-order valence-electron chi connectivity index (χ4n) is 3.07. The molecule has 1 aliphatic rings. The molecule has 4 nitrogen and oxygen atoms in total. The second kappa shape index (κ2) is 6.84. The molecule has 0 N–H and O–H groups in total. The molecule has 1 aliphatic heterocycles. The molecule has 0 aliphatic carbocycles. The molecule has 4 rings (SSSR count). The molecule has 140 valence electrons. The van der Waals surface area contributed by atoms with Crippen LogP contribution in [0.25, 0.3) is 10.1 Å². The minimum absolute atomic E-state index is 0.0778. The third-order valence-corrected chi connectivity index (χ3v) is 5.52. The largest absolute Gasteiger partial charge is 0.472 e. The number of alkyl halides is 3. The first kappa shape index (κ1) is 17.8. The van der Waals surface area contributed by atoms with Crippen LogP contribution in [0.2, 0.25) is 0 Å². The smallest absolute Gasteiger partial charge is 0.416 e. The number of hydrogen-bond acceptors (Lipinski definition) is 4. The molecule has 1 fully saturated rings. The number of pyridine rings is 1. The van der Waals surface area contributed by atoms with Crippen molar-refractivity contribution in [3.8, 4) is 5.88 Å². The Hall–Kier alpha value is -2.61. The zero-order valence-electron chi connectivity index (χ0n) is 14.1. The molecule has 1 unspecified atom stereocenters. The van der Waals surface area contributed by atoms with Gasteiger partial charge in [0.15, 0.2) is 0 Å². The summed E-state index contributed by atoms with van der Waals surface area (Å²) in [6, 6.07) is 11.4. The molecule has 1 aromatic carbocycles. The van der Waals surface area contributed by atoms with E-state index in [-0.39, 0.29) is 17.9 Å². The number of ether oxygens (including phenoxy) is 1. The van der Waals surface area contributed by atoms with E-state index in [9.17, 15) is 18.0 Å². The SMILES string of the molecule is O=C(c1cc2ccccc2s1)N1CCC(Oc2cc(C(F)(F)F)ccn2)C1. The van der Waals surface area contributed by atoms with Crippen LogP contribution in [-0.4, -0.2) is 35.0 Å². The monoisotopic (exact) mass is 392 g/mol. The van der Waals surface area contributed by atoms with Crippen LogP contribution in [0, 0.1) is 0 Å². The molecule has 0 spiro atoms. The summed E-state index contributed by atoms with van der Waals surface area (Å²) in [6.45, 7) is 0.821. The Morgan fingerprint density at radius 3 is 2.81 bits per heavy atom. The van der Waals surface area contributed by atoms with E-state index in [1.165, 1.54) is 11.3 Å². The average molecular weight is 392 g/mol. The standard InChI is InChI=1S/C19H15F3N2O2S/c20-19(21,22)13-5-7-23-17(10-13)26-14-6-8-24(11-14)18(25)16-9-12-3-1-2-4-15(12)27-16/h1-5,7,9-10,14H,6,8,11H2.